The number of rotatable bonds is 5. The van der Waals surface area contributed by atoms with Gasteiger partial charge in [-0.1, -0.05) is 35.3 Å². The quantitative estimate of drug-likeness (QED) is 0.650. The van der Waals surface area contributed by atoms with Crippen LogP contribution >= 0.6 is 23.2 Å². The van der Waals surface area contributed by atoms with E-state index >= 15 is 0 Å². The average Bonchev–Trinajstić information content (AvgIpc) is 3.08. The van der Waals surface area contributed by atoms with Gasteiger partial charge in [0.2, 0.25) is 0 Å². The van der Waals surface area contributed by atoms with Crippen molar-refractivity contribution in [3.8, 4) is 5.75 Å². The molecule has 2 aromatic carbocycles. The van der Waals surface area contributed by atoms with Crippen molar-refractivity contribution >= 4 is 34.9 Å². The monoisotopic (exact) mass is 404 g/mol. The van der Waals surface area contributed by atoms with Gasteiger partial charge in [0.1, 0.15) is 17.6 Å². The molecule has 1 unspecified atom stereocenters. The van der Waals surface area contributed by atoms with Gasteiger partial charge >= 0.3 is 6.03 Å². The van der Waals surface area contributed by atoms with Gasteiger partial charge in [0.15, 0.2) is 0 Å². The van der Waals surface area contributed by atoms with Crippen molar-refractivity contribution in [3.63, 3.8) is 0 Å². The molecule has 1 atom stereocenters. The number of nitrogens with one attached hydrogen (secondary N) is 2. The molecule has 8 heteroatoms. The summed E-state index contributed by atoms with van der Waals surface area (Å²) in [5.41, 5.74) is 1.41. The minimum Gasteiger partial charge on any atom is -0.497 e. The second-order valence-electron chi connectivity index (χ2n) is 5.83. The third-order valence-corrected chi connectivity index (χ3v) is 4.76. The van der Waals surface area contributed by atoms with Crippen LogP contribution in [0.4, 0.5) is 10.5 Å². The Balaban J connectivity index is 1.83. The lowest BCUT2D eigenvalue weighted by Gasteiger charge is -2.20. The summed E-state index contributed by atoms with van der Waals surface area (Å²) < 4.78 is 7.06. The zero-order chi connectivity index (χ0) is 19.4. The van der Waals surface area contributed by atoms with Crippen LogP contribution in [0, 0.1) is 0 Å². The van der Waals surface area contributed by atoms with E-state index in [0.717, 1.165) is 11.3 Å². The van der Waals surface area contributed by atoms with Crippen LogP contribution < -0.4 is 15.4 Å². The van der Waals surface area contributed by atoms with Gasteiger partial charge < -0.3 is 19.9 Å². The smallest absolute Gasteiger partial charge is 0.320 e. The Bertz CT molecular complexity index is 941. The van der Waals surface area contributed by atoms with Crippen molar-refractivity contribution in [2.75, 3.05) is 12.4 Å². The fourth-order valence-electron chi connectivity index (χ4n) is 2.62. The molecule has 0 bridgehead atoms. The summed E-state index contributed by atoms with van der Waals surface area (Å²) in [7, 11) is 3.48. The third kappa shape index (κ3) is 4.53. The normalized spacial score (nSPS) is 11.7. The number of ether oxygens (including phenoxy) is 1. The van der Waals surface area contributed by atoms with Crippen LogP contribution in [-0.4, -0.2) is 22.7 Å². The van der Waals surface area contributed by atoms with Crippen molar-refractivity contribution in [2.24, 2.45) is 7.05 Å². The fourth-order valence-corrected chi connectivity index (χ4v) is 2.92. The Labute approximate surface area is 167 Å². The maximum absolute atomic E-state index is 12.6. The van der Waals surface area contributed by atoms with Crippen molar-refractivity contribution in [2.45, 2.75) is 6.04 Å². The molecule has 140 valence electrons. The lowest BCUT2D eigenvalue weighted by Crippen LogP contribution is -2.34. The number of carbonyl (C=O) groups is 1. The highest BCUT2D eigenvalue weighted by atomic mass is 35.5. The number of amides is 2. The summed E-state index contributed by atoms with van der Waals surface area (Å²) in [4.78, 5) is 16.9. The summed E-state index contributed by atoms with van der Waals surface area (Å²) in [5, 5.41) is 6.49. The highest BCUT2D eigenvalue weighted by Gasteiger charge is 2.21. The summed E-state index contributed by atoms with van der Waals surface area (Å²) in [6.07, 6.45) is 3.51. The minimum atomic E-state index is -0.446. The lowest BCUT2D eigenvalue weighted by molar-refractivity contribution is 0.249. The second-order valence-corrected chi connectivity index (χ2v) is 6.64. The van der Waals surface area contributed by atoms with Crippen molar-refractivity contribution in [1.29, 1.82) is 0 Å². The number of halogens is 2. The number of methoxy groups -OCH3 is 1. The number of aromatic nitrogens is 2. The number of hydrogen-bond donors (Lipinski definition) is 2. The maximum Gasteiger partial charge on any atom is 0.320 e. The SMILES string of the molecule is COc1ccc(C(NC(=O)Nc2ccc(Cl)c(Cl)c2)c2nccn2C)cc1. The molecule has 27 heavy (non-hydrogen) atoms. The Kier molecular flexibility index (Phi) is 5.88. The van der Waals surface area contributed by atoms with Crippen LogP contribution in [0.5, 0.6) is 5.75 Å². The molecular formula is C19H18Cl2N4O2. The van der Waals surface area contributed by atoms with E-state index in [-0.39, 0.29) is 0 Å². The van der Waals surface area contributed by atoms with E-state index in [2.05, 4.69) is 15.6 Å². The van der Waals surface area contributed by atoms with Gasteiger partial charge in [-0.05, 0) is 35.9 Å². The highest BCUT2D eigenvalue weighted by Crippen LogP contribution is 2.26. The molecule has 1 heterocycles. The number of imidazole rings is 1. The van der Waals surface area contributed by atoms with Crippen LogP contribution in [0.3, 0.4) is 0 Å². The van der Waals surface area contributed by atoms with Crippen molar-refractivity contribution in [3.05, 3.63) is 76.3 Å². The predicted molar refractivity (Wildman–Crippen MR) is 107 cm³/mol. The molecule has 2 amide bonds. The molecule has 0 saturated heterocycles. The molecule has 1 aromatic heterocycles. The van der Waals surface area contributed by atoms with Gasteiger partial charge in [-0.15, -0.1) is 0 Å². The zero-order valence-electron chi connectivity index (χ0n) is 14.7. The van der Waals surface area contributed by atoms with Crippen molar-refractivity contribution < 1.29 is 9.53 Å². The first-order chi connectivity index (χ1) is 13.0. The van der Waals surface area contributed by atoms with Gasteiger partial charge in [-0.2, -0.15) is 0 Å². The number of hydrogen-bond acceptors (Lipinski definition) is 3. The predicted octanol–water partition coefficient (Wildman–Crippen LogP) is 4.65. The van der Waals surface area contributed by atoms with Crippen LogP contribution in [-0.2, 0) is 7.05 Å². The van der Waals surface area contributed by atoms with Gasteiger partial charge in [-0.3, -0.25) is 0 Å². The second kappa shape index (κ2) is 8.33. The molecule has 0 radical (unpaired) electrons. The molecule has 0 aliphatic rings. The topological polar surface area (TPSA) is 68.2 Å². The molecular weight excluding hydrogens is 387 g/mol. The Hall–Kier alpha value is -2.70. The van der Waals surface area contributed by atoms with E-state index < -0.39 is 12.1 Å². The first-order valence-electron chi connectivity index (χ1n) is 8.11. The highest BCUT2D eigenvalue weighted by molar-refractivity contribution is 6.42. The van der Waals surface area contributed by atoms with Gasteiger partial charge in [-0.25, -0.2) is 9.78 Å². The maximum atomic E-state index is 12.6. The lowest BCUT2D eigenvalue weighted by atomic mass is 10.1. The molecule has 0 spiro atoms. The minimum absolute atomic E-state index is 0.366. The summed E-state index contributed by atoms with van der Waals surface area (Å²) in [5.74, 6) is 1.43. The van der Waals surface area contributed by atoms with Gasteiger partial charge in [0, 0.05) is 25.1 Å². The van der Waals surface area contributed by atoms with Crippen LogP contribution in [0.25, 0.3) is 0 Å². The molecule has 0 fully saturated rings. The fraction of sp³-hybridized carbons (Fsp3) is 0.158. The van der Waals surface area contributed by atoms with E-state index in [1.54, 1.807) is 31.5 Å². The third-order valence-electron chi connectivity index (χ3n) is 4.02. The van der Waals surface area contributed by atoms with Crippen molar-refractivity contribution in [1.82, 2.24) is 14.9 Å². The first-order valence-corrected chi connectivity index (χ1v) is 8.87. The van der Waals surface area contributed by atoms with Crippen LogP contribution in [0.1, 0.15) is 17.4 Å². The number of anilines is 1. The Morgan fingerprint density at radius 2 is 1.89 bits per heavy atom. The van der Waals surface area contributed by atoms with Gasteiger partial charge in [0.25, 0.3) is 0 Å². The Morgan fingerprint density at radius 1 is 1.15 bits per heavy atom. The van der Waals surface area contributed by atoms with Crippen LogP contribution in [0.2, 0.25) is 10.0 Å². The average molecular weight is 405 g/mol. The molecule has 3 rings (SSSR count). The van der Waals surface area contributed by atoms with E-state index in [1.165, 1.54) is 0 Å². The van der Waals surface area contributed by atoms with E-state index in [9.17, 15) is 4.79 Å². The molecule has 3 aromatic rings. The summed E-state index contributed by atoms with van der Waals surface area (Å²) >= 11 is 11.9. The largest absolute Gasteiger partial charge is 0.497 e. The number of urea groups is 1. The molecule has 6 nitrogen and oxygen atoms in total. The number of carbonyl (C=O) groups excluding carboxylic acids is 1. The van der Waals surface area contributed by atoms with E-state index in [1.807, 2.05) is 42.1 Å². The summed E-state index contributed by atoms with van der Waals surface area (Å²) in [6.45, 7) is 0. The summed E-state index contributed by atoms with van der Waals surface area (Å²) in [6, 6.07) is 11.5. The number of benzene rings is 2. The van der Waals surface area contributed by atoms with E-state index in [4.69, 9.17) is 27.9 Å². The van der Waals surface area contributed by atoms with Gasteiger partial charge in [0.05, 0.1) is 17.2 Å². The molecule has 0 saturated carbocycles. The number of nitrogens with zero attached hydrogens (tertiary/aromatic N) is 2. The Morgan fingerprint density at radius 3 is 2.48 bits per heavy atom. The number of aryl methyl sites for hydroxylation is 1. The van der Waals surface area contributed by atoms with Crippen LogP contribution in [0.15, 0.2) is 54.9 Å². The molecule has 0 aliphatic carbocycles. The zero-order valence-corrected chi connectivity index (χ0v) is 16.3. The molecule has 2 N–H and O–H groups in total. The standard InChI is InChI=1S/C19H18Cl2N4O2/c1-25-10-9-22-18(25)17(12-3-6-14(27-2)7-4-12)24-19(26)23-13-5-8-15(20)16(21)11-13/h3-11,17H,1-2H3,(H2,23,24,26). The molecule has 0 aliphatic heterocycles. The van der Waals surface area contributed by atoms with E-state index in [0.29, 0.717) is 21.6 Å². The first kappa shape index (κ1) is 19.1.